The molecule has 0 amide bonds. The molecular weight excluding hydrogens is 180 g/mol. The van der Waals surface area contributed by atoms with Gasteiger partial charge in [0.2, 0.25) is 0 Å². The number of methoxy groups -OCH3 is 1. The minimum atomic E-state index is -1.28. The first-order valence-corrected chi connectivity index (χ1v) is 5.04. The molecule has 0 aliphatic heterocycles. The molecule has 0 saturated carbocycles. The second kappa shape index (κ2) is 6.14. The van der Waals surface area contributed by atoms with E-state index in [1.54, 1.807) is 14.0 Å². The van der Waals surface area contributed by atoms with Crippen molar-refractivity contribution in [3.63, 3.8) is 0 Å². The summed E-state index contributed by atoms with van der Waals surface area (Å²) in [6, 6.07) is 0. The van der Waals surface area contributed by atoms with E-state index < -0.39 is 16.8 Å². The van der Waals surface area contributed by atoms with Crippen molar-refractivity contribution in [1.82, 2.24) is 0 Å². The number of aliphatic carboxylic acids is 1. The van der Waals surface area contributed by atoms with E-state index in [0.29, 0.717) is 13.0 Å². The Balaban J connectivity index is 3.69. The standard InChI is InChI=1S/C7H14O4S/c1-6(3-4-11-2)12(10)5-7(8)9/h6H,3-5H2,1-2H3,(H,8,9). The molecule has 0 aromatic heterocycles. The second-order valence-electron chi connectivity index (χ2n) is 2.51. The van der Waals surface area contributed by atoms with Gasteiger partial charge >= 0.3 is 5.97 Å². The first-order chi connectivity index (χ1) is 5.57. The van der Waals surface area contributed by atoms with Gasteiger partial charge in [0.05, 0.1) is 0 Å². The highest BCUT2D eigenvalue weighted by Crippen LogP contribution is 2.01. The second-order valence-corrected chi connectivity index (χ2v) is 4.37. The molecule has 1 N–H and O–H groups in total. The van der Waals surface area contributed by atoms with E-state index in [1.165, 1.54) is 0 Å². The fourth-order valence-corrected chi connectivity index (χ4v) is 1.57. The fraction of sp³-hybridized carbons (Fsp3) is 0.857. The van der Waals surface area contributed by atoms with Crippen LogP contribution in [0.4, 0.5) is 0 Å². The summed E-state index contributed by atoms with van der Waals surface area (Å²) >= 11 is 0. The van der Waals surface area contributed by atoms with Crippen molar-refractivity contribution < 1.29 is 18.8 Å². The van der Waals surface area contributed by atoms with Gasteiger partial charge in [0, 0.05) is 29.8 Å². The van der Waals surface area contributed by atoms with Crippen molar-refractivity contribution in [3.8, 4) is 0 Å². The molecule has 0 saturated heterocycles. The van der Waals surface area contributed by atoms with Gasteiger partial charge in [-0.3, -0.25) is 9.00 Å². The molecule has 5 heteroatoms. The first kappa shape index (κ1) is 11.6. The Hall–Kier alpha value is -0.420. The lowest BCUT2D eigenvalue weighted by atomic mass is 10.3. The van der Waals surface area contributed by atoms with Gasteiger partial charge in [0.15, 0.2) is 0 Å². The Morgan fingerprint density at radius 1 is 1.67 bits per heavy atom. The highest BCUT2D eigenvalue weighted by atomic mass is 32.2. The van der Waals surface area contributed by atoms with E-state index in [2.05, 4.69) is 0 Å². The summed E-state index contributed by atoms with van der Waals surface area (Å²) in [4.78, 5) is 10.2. The normalized spacial score (nSPS) is 15.5. The van der Waals surface area contributed by atoms with E-state index in [9.17, 15) is 9.00 Å². The maximum atomic E-state index is 11.1. The topological polar surface area (TPSA) is 63.6 Å². The van der Waals surface area contributed by atoms with Crippen LogP contribution in [0, 0.1) is 0 Å². The molecule has 2 atom stereocenters. The predicted molar refractivity (Wildman–Crippen MR) is 46.6 cm³/mol. The monoisotopic (exact) mass is 194 g/mol. The Morgan fingerprint density at radius 2 is 2.25 bits per heavy atom. The molecule has 0 aliphatic rings. The number of hydrogen-bond acceptors (Lipinski definition) is 3. The van der Waals surface area contributed by atoms with Crippen molar-refractivity contribution in [2.75, 3.05) is 19.5 Å². The molecule has 0 rings (SSSR count). The third-order valence-electron chi connectivity index (χ3n) is 1.44. The fourth-order valence-electron chi connectivity index (χ4n) is 0.679. The first-order valence-electron chi connectivity index (χ1n) is 3.65. The summed E-state index contributed by atoms with van der Waals surface area (Å²) < 4.78 is 15.9. The van der Waals surface area contributed by atoms with Crippen LogP contribution in [0.15, 0.2) is 0 Å². The van der Waals surface area contributed by atoms with E-state index in [0.717, 1.165) is 0 Å². The third kappa shape index (κ3) is 5.26. The number of carboxylic acid groups (broad SMARTS) is 1. The van der Waals surface area contributed by atoms with Gasteiger partial charge in [0.1, 0.15) is 5.75 Å². The lowest BCUT2D eigenvalue weighted by Crippen LogP contribution is -2.20. The van der Waals surface area contributed by atoms with Crippen LogP contribution in [0.5, 0.6) is 0 Å². The van der Waals surface area contributed by atoms with Crippen molar-refractivity contribution in [2.24, 2.45) is 0 Å². The molecule has 0 radical (unpaired) electrons. The van der Waals surface area contributed by atoms with Crippen LogP contribution in [-0.4, -0.2) is 40.0 Å². The highest BCUT2D eigenvalue weighted by molar-refractivity contribution is 7.86. The molecule has 72 valence electrons. The van der Waals surface area contributed by atoms with Crippen LogP contribution < -0.4 is 0 Å². The number of ether oxygens (including phenoxy) is 1. The number of carboxylic acids is 1. The van der Waals surface area contributed by atoms with E-state index in [-0.39, 0.29) is 11.0 Å². The van der Waals surface area contributed by atoms with Crippen molar-refractivity contribution in [2.45, 2.75) is 18.6 Å². The van der Waals surface area contributed by atoms with Crippen molar-refractivity contribution >= 4 is 16.8 Å². The smallest absolute Gasteiger partial charge is 0.316 e. The Kier molecular flexibility index (Phi) is 5.92. The van der Waals surface area contributed by atoms with Crippen LogP contribution in [0.2, 0.25) is 0 Å². The maximum Gasteiger partial charge on any atom is 0.316 e. The van der Waals surface area contributed by atoms with E-state index >= 15 is 0 Å². The highest BCUT2D eigenvalue weighted by Gasteiger charge is 2.13. The number of rotatable bonds is 6. The van der Waals surface area contributed by atoms with Crippen molar-refractivity contribution in [1.29, 1.82) is 0 Å². The van der Waals surface area contributed by atoms with Gasteiger partial charge in [-0.2, -0.15) is 0 Å². The number of carbonyl (C=O) groups is 1. The largest absolute Gasteiger partial charge is 0.481 e. The minimum absolute atomic E-state index is 0.110. The van der Waals surface area contributed by atoms with E-state index in [1.807, 2.05) is 0 Å². The van der Waals surface area contributed by atoms with Gasteiger partial charge < -0.3 is 9.84 Å². The average Bonchev–Trinajstić information content (AvgIpc) is 1.98. The molecule has 0 aliphatic carbocycles. The van der Waals surface area contributed by atoms with Crippen LogP contribution in [0.25, 0.3) is 0 Å². The summed E-state index contributed by atoms with van der Waals surface area (Å²) in [5, 5.41) is 8.22. The molecule has 4 nitrogen and oxygen atoms in total. The quantitative estimate of drug-likeness (QED) is 0.658. The summed E-state index contributed by atoms with van der Waals surface area (Å²) in [6.07, 6.45) is 0.635. The minimum Gasteiger partial charge on any atom is -0.481 e. The van der Waals surface area contributed by atoms with Crippen LogP contribution in [0.1, 0.15) is 13.3 Å². The summed E-state index contributed by atoms with van der Waals surface area (Å²) in [6.45, 7) is 2.28. The SMILES string of the molecule is COCCC(C)S(=O)CC(=O)O. The molecule has 0 fully saturated rings. The molecule has 0 bridgehead atoms. The molecule has 12 heavy (non-hydrogen) atoms. The molecule has 2 unspecified atom stereocenters. The zero-order chi connectivity index (χ0) is 9.56. The van der Waals surface area contributed by atoms with Crippen LogP contribution in [0.3, 0.4) is 0 Å². The van der Waals surface area contributed by atoms with Gasteiger partial charge in [-0.05, 0) is 6.42 Å². The molecular formula is C7H14O4S. The molecule has 0 heterocycles. The zero-order valence-electron chi connectivity index (χ0n) is 7.28. The Labute approximate surface area is 74.4 Å². The van der Waals surface area contributed by atoms with Crippen LogP contribution in [-0.2, 0) is 20.3 Å². The zero-order valence-corrected chi connectivity index (χ0v) is 8.10. The maximum absolute atomic E-state index is 11.1. The molecule has 0 spiro atoms. The van der Waals surface area contributed by atoms with Gasteiger partial charge in [-0.25, -0.2) is 0 Å². The average molecular weight is 194 g/mol. The summed E-state index contributed by atoms with van der Waals surface area (Å²) in [5.74, 6) is -1.29. The van der Waals surface area contributed by atoms with Crippen molar-refractivity contribution in [3.05, 3.63) is 0 Å². The summed E-state index contributed by atoms with van der Waals surface area (Å²) in [7, 11) is 0.286. The Bertz CT molecular complexity index is 169. The van der Waals surface area contributed by atoms with E-state index in [4.69, 9.17) is 9.84 Å². The van der Waals surface area contributed by atoms with Gasteiger partial charge in [-0.1, -0.05) is 6.92 Å². The number of hydrogen-bond donors (Lipinski definition) is 1. The molecule has 0 aromatic rings. The molecule has 0 aromatic carbocycles. The lowest BCUT2D eigenvalue weighted by molar-refractivity contribution is -0.134. The van der Waals surface area contributed by atoms with Gasteiger partial charge in [0.25, 0.3) is 0 Å². The lowest BCUT2D eigenvalue weighted by Gasteiger charge is -2.08. The van der Waals surface area contributed by atoms with Gasteiger partial charge in [-0.15, -0.1) is 0 Å². The Morgan fingerprint density at radius 3 is 2.67 bits per heavy atom. The predicted octanol–water partition coefficient (Wildman–Crippen LogP) is 0.245. The van der Waals surface area contributed by atoms with Crippen LogP contribution >= 0.6 is 0 Å². The third-order valence-corrected chi connectivity index (χ3v) is 3.11. The summed E-state index contributed by atoms with van der Waals surface area (Å²) in [5.41, 5.74) is 0.